The summed E-state index contributed by atoms with van der Waals surface area (Å²) in [5, 5.41) is 11.7. The van der Waals surface area contributed by atoms with Gasteiger partial charge in [0.25, 0.3) is 0 Å². The molecular weight excluding hydrogens is 808 g/mol. The van der Waals surface area contributed by atoms with Crippen LogP contribution in [0.3, 0.4) is 0 Å². The van der Waals surface area contributed by atoms with Crippen molar-refractivity contribution in [3.63, 3.8) is 0 Å². The minimum atomic E-state index is 0. The quantitative estimate of drug-likeness (QED) is 0.162. The molecule has 5 heteroatoms. The zero-order valence-corrected chi connectivity index (χ0v) is 31.2. The van der Waals surface area contributed by atoms with E-state index in [2.05, 4.69) is 113 Å². The van der Waals surface area contributed by atoms with Crippen LogP contribution in [0.4, 0.5) is 0 Å². The average Bonchev–Trinajstić information content (AvgIpc) is 3.59. The van der Waals surface area contributed by atoms with E-state index in [1.54, 1.807) is 12.1 Å². The van der Waals surface area contributed by atoms with Crippen LogP contribution in [0.2, 0.25) is 0 Å². The third-order valence-corrected chi connectivity index (χ3v) is 9.48. The van der Waals surface area contributed by atoms with E-state index in [0.717, 1.165) is 49.8 Å². The minimum absolute atomic E-state index is 0. The molecule has 0 bridgehead atoms. The van der Waals surface area contributed by atoms with E-state index in [9.17, 15) is 5.11 Å². The van der Waals surface area contributed by atoms with Gasteiger partial charge in [-0.15, -0.1) is 29.3 Å². The first kappa shape index (κ1) is 34.2. The number of fused-ring (bicyclic) bond motifs is 2. The average molecular weight is 845 g/mol. The number of pyridine rings is 1. The van der Waals surface area contributed by atoms with Crippen molar-refractivity contribution in [1.82, 2.24) is 9.97 Å². The van der Waals surface area contributed by atoms with Gasteiger partial charge < -0.3 is 9.52 Å². The Morgan fingerprint density at radius 2 is 1.25 bits per heavy atom. The van der Waals surface area contributed by atoms with Crippen LogP contribution in [0.25, 0.3) is 78.0 Å². The van der Waals surface area contributed by atoms with Crippen LogP contribution >= 0.6 is 0 Å². The second-order valence-electron chi connectivity index (χ2n) is 13.5. The molecule has 8 aromatic rings. The monoisotopic (exact) mass is 844 g/mol. The van der Waals surface area contributed by atoms with Gasteiger partial charge in [0.05, 0.1) is 11.1 Å². The van der Waals surface area contributed by atoms with Crippen molar-refractivity contribution in [2.45, 2.75) is 39.5 Å². The summed E-state index contributed by atoms with van der Waals surface area (Å²) >= 11 is 0. The van der Waals surface area contributed by atoms with Crippen molar-refractivity contribution < 1.29 is 30.6 Å². The van der Waals surface area contributed by atoms with E-state index in [0.29, 0.717) is 34.4 Å². The summed E-state index contributed by atoms with van der Waals surface area (Å²) in [6.45, 7) is 9.04. The Hall–Kier alpha value is -5.31. The zero-order valence-electron chi connectivity index (χ0n) is 28.9. The van der Waals surface area contributed by atoms with Gasteiger partial charge in [-0.3, -0.25) is 4.98 Å². The fourth-order valence-electron chi connectivity index (χ4n) is 7.02. The molecule has 51 heavy (non-hydrogen) atoms. The van der Waals surface area contributed by atoms with Gasteiger partial charge in [-0.05, 0) is 75.4 Å². The predicted octanol–water partition coefficient (Wildman–Crippen LogP) is 12.5. The van der Waals surface area contributed by atoms with Crippen LogP contribution in [0.1, 0.15) is 50.7 Å². The topological polar surface area (TPSA) is 59.2 Å². The fraction of sp³-hybridized carbons (Fsp3) is 0.130. The summed E-state index contributed by atoms with van der Waals surface area (Å²) < 4.78 is 6.26. The Labute approximate surface area is 313 Å². The van der Waals surface area contributed by atoms with Crippen LogP contribution in [0, 0.1) is 6.07 Å². The molecule has 0 aliphatic rings. The Morgan fingerprint density at radius 1 is 0.588 bits per heavy atom. The van der Waals surface area contributed by atoms with Gasteiger partial charge in [0.1, 0.15) is 11.3 Å². The van der Waals surface area contributed by atoms with Crippen LogP contribution in [0.15, 0.2) is 138 Å². The number of benzene rings is 6. The number of rotatable bonds is 7. The largest absolute Gasteiger partial charge is 0.507 e. The summed E-state index contributed by atoms with van der Waals surface area (Å²) in [6, 6.07) is 47.3. The van der Waals surface area contributed by atoms with E-state index in [4.69, 9.17) is 14.4 Å². The van der Waals surface area contributed by atoms with Crippen LogP contribution < -0.4 is 0 Å². The molecule has 0 aliphatic heterocycles. The first-order valence-electron chi connectivity index (χ1n) is 17.2. The second-order valence-corrected chi connectivity index (χ2v) is 13.5. The maximum atomic E-state index is 10.6. The number of aromatic hydroxyl groups is 1. The van der Waals surface area contributed by atoms with Crippen LogP contribution in [-0.4, -0.2) is 15.1 Å². The summed E-state index contributed by atoms with van der Waals surface area (Å²) in [5.41, 5.74) is 13.9. The predicted molar refractivity (Wildman–Crippen MR) is 205 cm³/mol. The van der Waals surface area contributed by atoms with Crippen molar-refractivity contribution in [3.05, 3.63) is 151 Å². The maximum absolute atomic E-state index is 10.6. The second kappa shape index (κ2) is 14.1. The zero-order chi connectivity index (χ0) is 34.4. The molecular formula is C46H37N2O2Pt-. The van der Waals surface area contributed by atoms with Crippen molar-refractivity contribution in [1.29, 1.82) is 0 Å². The number of phenolic OH excluding ortho intramolecular Hbond substituents is 1. The van der Waals surface area contributed by atoms with E-state index >= 15 is 0 Å². The standard InChI is InChI=1S/C46H37N2O2.Pt/c1-28(2)36-17-10-18-37(29(3)4)43(36)35-25-33(38-19-11-21-42-45(38)48-46(50-42)39-16-8-9-20-41(39)49)24-34(26-35)40-27-32(30-13-6-5-7-14-30)23-31-15-12-22-47-44(31)40;/h5-23,25-29,49H,1-4H3;/q-1;. The summed E-state index contributed by atoms with van der Waals surface area (Å²) in [5.74, 6) is 1.15. The Kier molecular flexibility index (Phi) is 9.46. The van der Waals surface area contributed by atoms with E-state index in [1.165, 1.54) is 16.7 Å². The maximum Gasteiger partial charge on any atom is 0.230 e. The molecule has 0 spiro atoms. The molecule has 0 unspecified atom stereocenters. The van der Waals surface area contributed by atoms with Crippen LogP contribution in [0.5, 0.6) is 5.75 Å². The molecule has 0 aliphatic carbocycles. The molecule has 0 radical (unpaired) electrons. The fourth-order valence-corrected chi connectivity index (χ4v) is 7.02. The molecule has 254 valence electrons. The van der Waals surface area contributed by atoms with Gasteiger partial charge in [-0.25, -0.2) is 4.98 Å². The van der Waals surface area contributed by atoms with Gasteiger partial charge in [-0.2, -0.15) is 0 Å². The molecule has 8 rings (SSSR count). The van der Waals surface area contributed by atoms with Gasteiger partial charge in [0.15, 0.2) is 0 Å². The summed E-state index contributed by atoms with van der Waals surface area (Å²) in [6.07, 6.45) is 1.86. The number of oxazole rings is 1. The molecule has 4 nitrogen and oxygen atoms in total. The molecule has 6 aromatic carbocycles. The minimum Gasteiger partial charge on any atom is -0.507 e. The third-order valence-electron chi connectivity index (χ3n) is 9.48. The SMILES string of the molecule is CC(C)c1cccc(C(C)C)c1-c1cc(-c2cc(-c3ccccc3)cc3cccnc23)[c-]c(-c2cccc3oc(-c4ccccc4O)nc23)c1.[Pt]. The number of aromatic nitrogens is 2. The molecule has 1 N–H and O–H groups in total. The number of hydrogen-bond donors (Lipinski definition) is 1. The molecule has 0 atom stereocenters. The van der Waals surface area contributed by atoms with Crippen molar-refractivity contribution in [2.75, 3.05) is 0 Å². The van der Waals surface area contributed by atoms with Gasteiger partial charge in [0.2, 0.25) is 5.89 Å². The molecule has 2 heterocycles. The molecule has 0 saturated heterocycles. The number of para-hydroxylation sites is 2. The Balaban J connectivity index is 0.00000406. The van der Waals surface area contributed by atoms with E-state index in [1.807, 2.05) is 42.6 Å². The van der Waals surface area contributed by atoms with E-state index in [-0.39, 0.29) is 26.8 Å². The number of nitrogens with zero attached hydrogens (tertiary/aromatic N) is 2. The van der Waals surface area contributed by atoms with Crippen LogP contribution in [-0.2, 0) is 21.1 Å². The summed E-state index contributed by atoms with van der Waals surface area (Å²) in [4.78, 5) is 9.87. The summed E-state index contributed by atoms with van der Waals surface area (Å²) in [7, 11) is 0. The number of phenols is 1. The van der Waals surface area contributed by atoms with Crippen molar-refractivity contribution in [2.24, 2.45) is 0 Å². The third kappa shape index (κ3) is 6.41. The Bertz CT molecular complexity index is 2490. The van der Waals surface area contributed by atoms with Gasteiger partial charge >= 0.3 is 0 Å². The van der Waals surface area contributed by atoms with E-state index < -0.39 is 0 Å². The normalized spacial score (nSPS) is 11.4. The first-order valence-corrected chi connectivity index (χ1v) is 17.2. The van der Waals surface area contributed by atoms with Crippen molar-refractivity contribution in [3.8, 4) is 61.7 Å². The number of hydrogen-bond acceptors (Lipinski definition) is 4. The first-order chi connectivity index (χ1) is 24.4. The Morgan fingerprint density at radius 3 is 1.98 bits per heavy atom. The van der Waals surface area contributed by atoms with Gasteiger partial charge in [-0.1, -0.05) is 129 Å². The molecule has 2 aromatic heterocycles. The molecule has 0 fully saturated rings. The molecule has 0 saturated carbocycles. The van der Waals surface area contributed by atoms with Crippen molar-refractivity contribution >= 4 is 22.0 Å². The van der Waals surface area contributed by atoms with Gasteiger partial charge in [0, 0.05) is 32.8 Å². The molecule has 0 amide bonds. The smallest absolute Gasteiger partial charge is 0.230 e.